The Hall–Kier alpha value is -0.490. The van der Waals surface area contributed by atoms with Crippen molar-refractivity contribution in [2.75, 3.05) is 24.1 Å². The molecular weight excluding hydrogens is 283 g/mol. The third-order valence-electron chi connectivity index (χ3n) is 1.98. The number of sulfonamides is 1. The second kappa shape index (κ2) is 6.44. The minimum absolute atomic E-state index is 0.0535. The molecule has 1 aromatic rings. The van der Waals surface area contributed by atoms with E-state index in [-0.39, 0.29) is 5.75 Å². The van der Waals surface area contributed by atoms with Crippen molar-refractivity contribution in [3.63, 3.8) is 0 Å². The van der Waals surface area contributed by atoms with Crippen molar-refractivity contribution in [3.8, 4) is 0 Å². The minimum Gasteiger partial charge on any atom is -0.320 e. The van der Waals surface area contributed by atoms with E-state index in [0.29, 0.717) is 28.7 Å². The van der Waals surface area contributed by atoms with Crippen molar-refractivity contribution < 1.29 is 8.42 Å². The van der Waals surface area contributed by atoms with Gasteiger partial charge in [-0.15, -0.1) is 0 Å². The molecule has 0 radical (unpaired) electrons. The van der Waals surface area contributed by atoms with Crippen LogP contribution >= 0.6 is 23.2 Å². The summed E-state index contributed by atoms with van der Waals surface area (Å²) in [6.07, 6.45) is 0.542. The van der Waals surface area contributed by atoms with Gasteiger partial charge in [-0.05, 0) is 38.2 Å². The van der Waals surface area contributed by atoms with Crippen LogP contribution in [0.1, 0.15) is 6.42 Å². The van der Waals surface area contributed by atoms with Crippen molar-refractivity contribution >= 4 is 38.9 Å². The monoisotopic (exact) mass is 296 g/mol. The summed E-state index contributed by atoms with van der Waals surface area (Å²) < 4.78 is 25.8. The average Bonchev–Trinajstić information content (AvgIpc) is 2.14. The molecular formula is C10H14Cl2N2O2S. The maximum absolute atomic E-state index is 11.7. The van der Waals surface area contributed by atoms with E-state index in [9.17, 15) is 8.42 Å². The number of halogens is 2. The summed E-state index contributed by atoms with van der Waals surface area (Å²) in [4.78, 5) is 0. The van der Waals surface area contributed by atoms with E-state index in [4.69, 9.17) is 23.2 Å². The zero-order valence-electron chi connectivity index (χ0n) is 9.33. The van der Waals surface area contributed by atoms with Gasteiger partial charge in [0, 0.05) is 10.0 Å². The zero-order valence-corrected chi connectivity index (χ0v) is 11.7. The summed E-state index contributed by atoms with van der Waals surface area (Å²) >= 11 is 11.6. The van der Waals surface area contributed by atoms with Gasteiger partial charge in [-0.25, -0.2) is 8.42 Å². The maximum Gasteiger partial charge on any atom is 0.232 e. The summed E-state index contributed by atoms with van der Waals surface area (Å²) in [5.41, 5.74) is 0.381. The van der Waals surface area contributed by atoms with Gasteiger partial charge in [0.1, 0.15) is 0 Å². The highest BCUT2D eigenvalue weighted by Crippen LogP contribution is 2.23. The predicted octanol–water partition coefficient (Wildman–Crippen LogP) is 2.34. The molecule has 0 spiro atoms. The highest BCUT2D eigenvalue weighted by Gasteiger charge is 2.10. The SMILES string of the molecule is CNCCCS(=O)(=O)Nc1cc(Cl)cc(Cl)c1. The molecule has 0 unspecified atom stereocenters. The van der Waals surface area contributed by atoms with E-state index >= 15 is 0 Å². The standard InChI is InChI=1S/C10H14Cl2N2O2S/c1-13-3-2-4-17(15,16)14-10-6-8(11)5-9(12)7-10/h5-7,13-14H,2-4H2,1H3. The van der Waals surface area contributed by atoms with Gasteiger partial charge in [0.25, 0.3) is 0 Å². The summed E-state index contributed by atoms with van der Waals surface area (Å²) in [5, 5.41) is 3.68. The predicted molar refractivity (Wildman–Crippen MR) is 72.4 cm³/mol. The lowest BCUT2D eigenvalue weighted by molar-refractivity contribution is 0.597. The third kappa shape index (κ3) is 5.59. The van der Waals surface area contributed by atoms with Crippen LogP contribution in [-0.2, 0) is 10.0 Å². The molecule has 0 aliphatic heterocycles. The topological polar surface area (TPSA) is 58.2 Å². The quantitative estimate of drug-likeness (QED) is 0.792. The van der Waals surface area contributed by atoms with Crippen LogP contribution in [0, 0.1) is 0 Å². The van der Waals surface area contributed by atoms with Gasteiger partial charge >= 0.3 is 0 Å². The molecule has 0 saturated carbocycles. The number of benzene rings is 1. The number of nitrogens with one attached hydrogen (secondary N) is 2. The van der Waals surface area contributed by atoms with Crippen molar-refractivity contribution in [1.82, 2.24) is 5.32 Å². The fourth-order valence-electron chi connectivity index (χ4n) is 1.28. The molecule has 17 heavy (non-hydrogen) atoms. The van der Waals surface area contributed by atoms with Crippen LogP contribution in [0.25, 0.3) is 0 Å². The van der Waals surface area contributed by atoms with Crippen LogP contribution in [0.2, 0.25) is 10.0 Å². The molecule has 0 aromatic heterocycles. The van der Waals surface area contributed by atoms with Gasteiger partial charge in [0.05, 0.1) is 11.4 Å². The lowest BCUT2D eigenvalue weighted by atomic mass is 10.3. The summed E-state index contributed by atoms with van der Waals surface area (Å²) in [5.74, 6) is 0.0535. The van der Waals surface area contributed by atoms with E-state index in [2.05, 4.69) is 10.0 Å². The average molecular weight is 297 g/mol. The fourth-order valence-corrected chi connectivity index (χ4v) is 2.91. The first-order valence-corrected chi connectivity index (χ1v) is 7.45. The van der Waals surface area contributed by atoms with Gasteiger partial charge in [-0.1, -0.05) is 23.2 Å². The smallest absolute Gasteiger partial charge is 0.232 e. The largest absolute Gasteiger partial charge is 0.320 e. The van der Waals surface area contributed by atoms with Crippen LogP contribution < -0.4 is 10.0 Å². The number of rotatable bonds is 6. The molecule has 0 aliphatic rings. The van der Waals surface area contributed by atoms with Gasteiger partial charge < -0.3 is 5.32 Å². The van der Waals surface area contributed by atoms with E-state index < -0.39 is 10.0 Å². The van der Waals surface area contributed by atoms with Crippen LogP contribution in [0.3, 0.4) is 0 Å². The molecule has 0 bridgehead atoms. The Kier molecular flexibility index (Phi) is 5.52. The Morgan fingerprint density at radius 1 is 1.18 bits per heavy atom. The molecule has 7 heteroatoms. The second-order valence-corrected chi connectivity index (χ2v) is 6.25. The molecule has 0 atom stereocenters. The molecule has 4 nitrogen and oxygen atoms in total. The van der Waals surface area contributed by atoms with Crippen molar-refractivity contribution in [2.24, 2.45) is 0 Å². The molecule has 0 aliphatic carbocycles. The van der Waals surface area contributed by atoms with E-state index in [1.54, 1.807) is 13.1 Å². The minimum atomic E-state index is -3.35. The van der Waals surface area contributed by atoms with Gasteiger partial charge in [0.2, 0.25) is 10.0 Å². The first-order chi connectivity index (χ1) is 7.93. The van der Waals surface area contributed by atoms with Gasteiger partial charge in [0.15, 0.2) is 0 Å². The lowest BCUT2D eigenvalue weighted by Crippen LogP contribution is -2.20. The normalized spacial score (nSPS) is 11.5. The second-order valence-electron chi connectivity index (χ2n) is 3.54. The molecule has 96 valence electrons. The van der Waals surface area contributed by atoms with E-state index in [1.165, 1.54) is 12.1 Å². The Balaban J connectivity index is 2.69. The molecule has 2 N–H and O–H groups in total. The van der Waals surface area contributed by atoms with E-state index in [1.807, 2.05) is 0 Å². The fraction of sp³-hybridized carbons (Fsp3) is 0.400. The van der Waals surface area contributed by atoms with Crippen LogP contribution in [0.4, 0.5) is 5.69 Å². The number of hydrogen-bond acceptors (Lipinski definition) is 3. The van der Waals surface area contributed by atoms with Crippen molar-refractivity contribution in [3.05, 3.63) is 28.2 Å². The Morgan fingerprint density at radius 2 is 1.76 bits per heavy atom. The first-order valence-electron chi connectivity index (χ1n) is 5.04. The zero-order chi connectivity index (χ0) is 12.9. The van der Waals surface area contributed by atoms with Crippen molar-refractivity contribution in [1.29, 1.82) is 0 Å². The molecule has 1 rings (SSSR count). The number of anilines is 1. The molecule has 0 fully saturated rings. The molecule has 0 heterocycles. The molecule has 0 amide bonds. The summed E-state index contributed by atoms with van der Waals surface area (Å²) in [6.45, 7) is 0.650. The van der Waals surface area contributed by atoms with E-state index in [0.717, 1.165) is 0 Å². The number of hydrogen-bond donors (Lipinski definition) is 2. The van der Waals surface area contributed by atoms with Gasteiger partial charge in [-0.2, -0.15) is 0 Å². The van der Waals surface area contributed by atoms with Crippen LogP contribution in [-0.4, -0.2) is 27.8 Å². The Labute approximate surface area is 111 Å². The van der Waals surface area contributed by atoms with Crippen molar-refractivity contribution in [2.45, 2.75) is 6.42 Å². The Morgan fingerprint density at radius 3 is 2.29 bits per heavy atom. The van der Waals surface area contributed by atoms with Gasteiger partial charge in [-0.3, -0.25) is 4.72 Å². The molecule has 0 saturated heterocycles. The lowest BCUT2D eigenvalue weighted by Gasteiger charge is -2.08. The molecule has 1 aromatic carbocycles. The summed E-state index contributed by atoms with van der Waals surface area (Å²) in [6, 6.07) is 4.58. The third-order valence-corrected chi connectivity index (χ3v) is 3.79. The Bertz CT molecular complexity index is 457. The van der Waals surface area contributed by atoms with Crippen LogP contribution in [0.5, 0.6) is 0 Å². The summed E-state index contributed by atoms with van der Waals surface area (Å²) in [7, 11) is -1.57. The highest BCUT2D eigenvalue weighted by atomic mass is 35.5. The highest BCUT2D eigenvalue weighted by molar-refractivity contribution is 7.92. The van der Waals surface area contributed by atoms with Crippen LogP contribution in [0.15, 0.2) is 18.2 Å². The first kappa shape index (κ1) is 14.6. The maximum atomic E-state index is 11.7.